The number of ketones is 1. The number of carbonyl (C=O) groups excluding carboxylic acids is 1. The van der Waals surface area contributed by atoms with Crippen molar-refractivity contribution in [2.45, 2.75) is 32.0 Å². The molecule has 4 atom stereocenters. The van der Waals surface area contributed by atoms with Gasteiger partial charge in [0.2, 0.25) is 11.6 Å². The summed E-state index contributed by atoms with van der Waals surface area (Å²) in [6.45, 7) is 2.04. The molecule has 0 bridgehead atoms. The summed E-state index contributed by atoms with van der Waals surface area (Å²) in [5.41, 5.74) is 1.00. The first kappa shape index (κ1) is 12.7. The van der Waals surface area contributed by atoms with Crippen LogP contribution in [0.25, 0.3) is 0 Å². The fourth-order valence-corrected chi connectivity index (χ4v) is 3.09. The molecule has 1 saturated carbocycles. The molecule has 4 nitrogen and oxygen atoms in total. The fraction of sp³-hybridized carbons (Fsp3) is 0.438. The van der Waals surface area contributed by atoms with Gasteiger partial charge < -0.3 is 0 Å². The number of carbonyl (C=O) groups is 1. The third kappa shape index (κ3) is 1.99. The first-order valence-corrected chi connectivity index (χ1v) is 7.35. The lowest BCUT2D eigenvalue weighted by Gasteiger charge is -2.11. The molecule has 1 aliphatic carbocycles. The average Bonchev–Trinajstić information content (AvgIpc) is 2.95. The number of nitrogens with zero attached hydrogens (tertiary/aromatic N) is 3. The van der Waals surface area contributed by atoms with Crippen LogP contribution < -0.4 is 0 Å². The van der Waals surface area contributed by atoms with Gasteiger partial charge >= 0.3 is 0 Å². The monoisotopic (exact) mass is 285 g/mol. The normalized spacial score (nSPS) is 30.2. The van der Waals surface area contributed by atoms with Crippen LogP contribution in [0.15, 0.2) is 30.3 Å². The van der Waals surface area contributed by atoms with Gasteiger partial charge in [0.15, 0.2) is 12.0 Å². The second-order valence-electron chi connectivity index (χ2n) is 6.05. The van der Waals surface area contributed by atoms with Crippen molar-refractivity contribution in [1.29, 1.82) is 0 Å². The number of benzene rings is 1. The van der Waals surface area contributed by atoms with Crippen LogP contribution in [0, 0.1) is 11.8 Å². The summed E-state index contributed by atoms with van der Waals surface area (Å²) in [5, 5.41) is 4.31. The van der Waals surface area contributed by atoms with E-state index in [1.165, 1.54) is 0 Å². The molecule has 2 heterocycles. The Morgan fingerprint density at radius 1 is 1.29 bits per heavy atom. The predicted octanol–water partition coefficient (Wildman–Crippen LogP) is 3.12. The number of alkyl halides is 1. The van der Waals surface area contributed by atoms with Crippen molar-refractivity contribution < 1.29 is 9.18 Å². The van der Waals surface area contributed by atoms with Crippen molar-refractivity contribution in [1.82, 2.24) is 14.8 Å². The number of halogens is 1. The van der Waals surface area contributed by atoms with E-state index in [1.807, 2.05) is 37.3 Å². The molecule has 2 aromatic rings. The van der Waals surface area contributed by atoms with Crippen molar-refractivity contribution in [2.75, 3.05) is 0 Å². The molecule has 0 radical (unpaired) electrons. The molecule has 1 aliphatic heterocycles. The maximum absolute atomic E-state index is 14.2. The van der Waals surface area contributed by atoms with Crippen LogP contribution in [0.4, 0.5) is 4.39 Å². The Balaban J connectivity index is 1.69. The van der Waals surface area contributed by atoms with Crippen molar-refractivity contribution in [3.63, 3.8) is 0 Å². The minimum absolute atomic E-state index is 0.0290. The summed E-state index contributed by atoms with van der Waals surface area (Å²) in [6, 6.07) is 9.53. The standard InChI is InChI=1S/C16H16FN3O/c1-9-7-11(9)14(21)15-18-16-12(17)8-13(20(16)19-15)10-5-3-2-4-6-10/h2-6,9,11-13H,7-8H2,1H3/t9-,11?,12+,13+/m1/s1. The Morgan fingerprint density at radius 3 is 2.67 bits per heavy atom. The molecule has 1 fully saturated rings. The van der Waals surface area contributed by atoms with Gasteiger partial charge in [0.25, 0.3) is 0 Å². The quantitative estimate of drug-likeness (QED) is 0.814. The minimum Gasteiger partial charge on any atom is -0.290 e. The van der Waals surface area contributed by atoms with E-state index in [0.717, 1.165) is 12.0 Å². The van der Waals surface area contributed by atoms with E-state index in [2.05, 4.69) is 10.1 Å². The van der Waals surface area contributed by atoms with Crippen LogP contribution >= 0.6 is 0 Å². The Labute approximate surface area is 122 Å². The number of Topliss-reactive ketones (excluding diaryl/α,β-unsaturated/α-hetero) is 1. The summed E-state index contributed by atoms with van der Waals surface area (Å²) < 4.78 is 15.8. The number of hydrogen-bond acceptors (Lipinski definition) is 3. The number of aromatic nitrogens is 3. The molecule has 0 saturated heterocycles. The molecule has 108 valence electrons. The molecule has 21 heavy (non-hydrogen) atoms. The Morgan fingerprint density at radius 2 is 2.00 bits per heavy atom. The van der Waals surface area contributed by atoms with Gasteiger partial charge in [0.05, 0.1) is 6.04 Å². The minimum atomic E-state index is -1.15. The van der Waals surface area contributed by atoms with E-state index in [-0.39, 0.29) is 23.6 Å². The first-order valence-electron chi connectivity index (χ1n) is 7.35. The lowest BCUT2D eigenvalue weighted by molar-refractivity contribution is 0.0951. The average molecular weight is 285 g/mol. The lowest BCUT2D eigenvalue weighted by atomic mass is 10.0. The van der Waals surface area contributed by atoms with E-state index in [4.69, 9.17) is 0 Å². The Kier molecular flexibility index (Phi) is 2.71. The zero-order valence-corrected chi connectivity index (χ0v) is 11.7. The van der Waals surface area contributed by atoms with Crippen LogP contribution in [0.1, 0.15) is 54.0 Å². The van der Waals surface area contributed by atoms with Crippen molar-refractivity contribution in [3.8, 4) is 0 Å². The van der Waals surface area contributed by atoms with E-state index >= 15 is 0 Å². The highest BCUT2D eigenvalue weighted by atomic mass is 19.1. The molecule has 2 aliphatic rings. The van der Waals surface area contributed by atoms with Gasteiger partial charge in [-0.05, 0) is 17.9 Å². The molecule has 4 rings (SSSR count). The summed E-state index contributed by atoms with van der Waals surface area (Å²) in [5.74, 6) is 0.870. The summed E-state index contributed by atoms with van der Waals surface area (Å²) in [4.78, 5) is 16.4. The maximum atomic E-state index is 14.2. The van der Waals surface area contributed by atoms with Crippen molar-refractivity contribution >= 4 is 5.78 Å². The van der Waals surface area contributed by atoms with Crippen LogP contribution in [0.5, 0.6) is 0 Å². The predicted molar refractivity (Wildman–Crippen MR) is 74.7 cm³/mol. The van der Waals surface area contributed by atoms with Gasteiger partial charge in [-0.25, -0.2) is 14.1 Å². The van der Waals surface area contributed by atoms with Gasteiger partial charge in [-0.1, -0.05) is 37.3 Å². The second kappa shape index (κ2) is 4.48. The molecule has 0 amide bonds. The summed E-state index contributed by atoms with van der Waals surface area (Å²) >= 11 is 0. The van der Waals surface area contributed by atoms with Crippen molar-refractivity contribution in [3.05, 3.63) is 47.5 Å². The second-order valence-corrected chi connectivity index (χ2v) is 6.05. The molecule has 1 unspecified atom stereocenters. The van der Waals surface area contributed by atoms with Gasteiger partial charge in [-0.3, -0.25) is 4.79 Å². The van der Waals surface area contributed by atoms with E-state index in [9.17, 15) is 9.18 Å². The Bertz CT molecular complexity index is 697. The number of fused-ring (bicyclic) bond motifs is 1. The third-order valence-corrected chi connectivity index (χ3v) is 4.51. The van der Waals surface area contributed by atoms with Crippen LogP contribution in [0.3, 0.4) is 0 Å². The van der Waals surface area contributed by atoms with Gasteiger partial charge in [-0.2, -0.15) is 0 Å². The van der Waals surface area contributed by atoms with Gasteiger partial charge in [0.1, 0.15) is 0 Å². The summed E-state index contributed by atoms with van der Waals surface area (Å²) in [6.07, 6.45) is 0.0817. The zero-order chi connectivity index (χ0) is 14.6. The smallest absolute Gasteiger partial charge is 0.217 e. The van der Waals surface area contributed by atoms with Crippen LogP contribution in [-0.4, -0.2) is 20.5 Å². The summed E-state index contributed by atoms with van der Waals surface area (Å²) in [7, 11) is 0. The molecule has 0 N–H and O–H groups in total. The van der Waals surface area contributed by atoms with Crippen LogP contribution in [-0.2, 0) is 0 Å². The largest absolute Gasteiger partial charge is 0.290 e. The maximum Gasteiger partial charge on any atom is 0.217 e. The van der Waals surface area contributed by atoms with E-state index in [0.29, 0.717) is 18.2 Å². The molecular weight excluding hydrogens is 269 g/mol. The molecule has 1 aromatic carbocycles. The van der Waals surface area contributed by atoms with E-state index in [1.54, 1.807) is 4.68 Å². The molecule has 0 spiro atoms. The highest BCUT2D eigenvalue weighted by Crippen LogP contribution is 2.42. The topological polar surface area (TPSA) is 47.8 Å². The van der Waals surface area contributed by atoms with Gasteiger partial charge in [0, 0.05) is 12.3 Å². The van der Waals surface area contributed by atoms with E-state index < -0.39 is 6.17 Å². The number of rotatable bonds is 3. The zero-order valence-electron chi connectivity index (χ0n) is 11.7. The molecule has 5 heteroatoms. The Hall–Kier alpha value is -2.04. The SMILES string of the molecule is C[C@@H]1CC1C(=O)c1nc2n(n1)[C@H](c1ccccc1)C[C@@H]2F. The molecule has 1 aromatic heterocycles. The van der Waals surface area contributed by atoms with Crippen LogP contribution in [0.2, 0.25) is 0 Å². The first-order chi connectivity index (χ1) is 10.1. The van der Waals surface area contributed by atoms with Gasteiger partial charge in [-0.15, -0.1) is 5.10 Å². The highest BCUT2D eigenvalue weighted by Gasteiger charge is 2.43. The lowest BCUT2D eigenvalue weighted by Crippen LogP contribution is -2.11. The fourth-order valence-electron chi connectivity index (χ4n) is 3.09. The highest BCUT2D eigenvalue weighted by molar-refractivity contribution is 5.96. The number of hydrogen-bond donors (Lipinski definition) is 0. The van der Waals surface area contributed by atoms with Crippen molar-refractivity contribution in [2.24, 2.45) is 11.8 Å². The third-order valence-electron chi connectivity index (χ3n) is 4.51. The molecular formula is C16H16FN3O.